The van der Waals surface area contributed by atoms with Crippen LogP contribution in [-0.2, 0) is 6.42 Å². The zero-order chi connectivity index (χ0) is 14.8. The Morgan fingerprint density at radius 3 is 2.90 bits per heavy atom. The van der Waals surface area contributed by atoms with Gasteiger partial charge in [-0.15, -0.1) is 11.6 Å². The molecular formula is C15H10BrClN4. The number of fused-ring (bicyclic) bond motifs is 1. The Kier molecular flexibility index (Phi) is 3.91. The van der Waals surface area contributed by atoms with Crippen LogP contribution in [0.3, 0.4) is 0 Å². The summed E-state index contributed by atoms with van der Waals surface area (Å²) in [5.41, 5.74) is 2.85. The zero-order valence-corrected chi connectivity index (χ0v) is 13.3. The molecule has 0 bridgehead atoms. The fraction of sp³-hybridized carbons (Fsp3) is 0.133. The van der Waals surface area contributed by atoms with Crippen LogP contribution in [0, 0.1) is 11.3 Å². The molecule has 0 saturated heterocycles. The van der Waals surface area contributed by atoms with Crippen molar-refractivity contribution in [2.75, 3.05) is 5.88 Å². The van der Waals surface area contributed by atoms with Gasteiger partial charge in [-0.25, -0.2) is 9.97 Å². The maximum atomic E-state index is 9.32. The molecule has 0 saturated carbocycles. The normalized spacial score (nSPS) is 10.7. The average Bonchev–Trinajstić information content (AvgIpc) is 2.84. The molecule has 21 heavy (non-hydrogen) atoms. The van der Waals surface area contributed by atoms with E-state index in [2.05, 4.69) is 32.0 Å². The van der Waals surface area contributed by atoms with Crippen LogP contribution < -0.4 is 0 Å². The average molecular weight is 362 g/mol. The van der Waals surface area contributed by atoms with Crippen LogP contribution >= 0.6 is 27.5 Å². The van der Waals surface area contributed by atoms with Crippen molar-refractivity contribution >= 4 is 38.7 Å². The van der Waals surface area contributed by atoms with E-state index >= 15 is 0 Å². The summed E-state index contributed by atoms with van der Waals surface area (Å²) in [4.78, 5) is 9.03. The summed E-state index contributed by atoms with van der Waals surface area (Å²) in [5, 5.41) is 9.32. The van der Waals surface area contributed by atoms with Crippen molar-refractivity contribution in [2.45, 2.75) is 6.42 Å². The first kappa shape index (κ1) is 14.1. The number of pyridine rings is 1. The highest BCUT2D eigenvalue weighted by atomic mass is 79.9. The van der Waals surface area contributed by atoms with Crippen molar-refractivity contribution in [3.05, 3.63) is 52.4 Å². The Hall–Kier alpha value is -1.90. The molecule has 1 aromatic carbocycles. The molecule has 3 rings (SSSR count). The van der Waals surface area contributed by atoms with Gasteiger partial charge >= 0.3 is 0 Å². The second-order valence-electron chi connectivity index (χ2n) is 4.43. The first-order valence-corrected chi connectivity index (χ1v) is 7.65. The minimum absolute atomic E-state index is 0.458. The fourth-order valence-electron chi connectivity index (χ4n) is 2.26. The number of benzene rings is 1. The Morgan fingerprint density at radius 2 is 2.14 bits per heavy atom. The minimum atomic E-state index is 0.458. The number of imidazole rings is 1. The highest BCUT2D eigenvalue weighted by molar-refractivity contribution is 9.10. The van der Waals surface area contributed by atoms with Gasteiger partial charge in [0.25, 0.3) is 0 Å². The van der Waals surface area contributed by atoms with E-state index in [-0.39, 0.29) is 0 Å². The fourth-order valence-corrected chi connectivity index (χ4v) is 2.74. The monoisotopic (exact) mass is 360 g/mol. The van der Waals surface area contributed by atoms with Crippen LogP contribution in [0.2, 0.25) is 0 Å². The van der Waals surface area contributed by atoms with Crippen LogP contribution in [-0.4, -0.2) is 20.4 Å². The van der Waals surface area contributed by atoms with E-state index < -0.39 is 0 Å². The van der Waals surface area contributed by atoms with Crippen molar-refractivity contribution in [3.63, 3.8) is 0 Å². The molecule has 0 spiro atoms. The van der Waals surface area contributed by atoms with Crippen molar-refractivity contribution in [2.24, 2.45) is 0 Å². The Labute approximate surface area is 135 Å². The summed E-state index contributed by atoms with van der Waals surface area (Å²) >= 11 is 9.28. The molecule has 0 fully saturated rings. The summed E-state index contributed by atoms with van der Waals surface area (Å²) < 4.78 is 2.77. The summed E-state index contributed by atoms with van der Waals surface area (Å²) in [6, 6.07) is 11.5. The van der Waals surface area contributed by atoms with E-state index in [4.69, 9.17) is 11.6 Å². The molecule has 0 unspecified atom stereocenters. The molecule has 2 aromatic heterocycles. The van der Waals surface area contributed by atoms with Gasteiger partial charge in [0.05, 0.1) is 11.3 Å². The number of halogens is 2. The van der Waals surface area contributed by atoms with Crippen LogP contribution in [0.15, 0.2) is 41.0 Å². The van der Waals surface area contributed by atoms with Gasteiger partial charge in [0.15, 0.2) is 5.65 Å². The third-order valence-corrected chi connectivity index (χ3v) is 3.74. The first-order valence-electron chi connectivity index (χ1n) is 6.33. The van der Waals surface area contributed by atoms with Gasteiger partial charge in [-0.3, -0.25) is 4.57 Å². The highest BCUT2D eigenvalue weighted by Crippen LogP contribution is 2.24. The number of para-hydroxylation sites is 1. The highest BCUT2D eigenvalue weighted by Gasteiger charge is 2.15. The van der Waals surface area contributed by atoms with Gasteiger partial charge in [0.1, 0.15) is 17.4 Å². The molecule has 104 valence electrons. The third-order valence-electron chi connectivity index (χ3n) is 3.12. The molecule has 0 aliphatic rings. The summed E-state index contributed by atoms with van der Waals surface area (Å²) in [7, 11) is 0. The van der Waals surface area contributed by atoms with Crippen LogP contribution in [0.5, 0.6) is 0 Å². The standard InChI is InChI=1S/C15H10BrClN4/c16-11-7-12-15(19-9-11)21(14(20-12)5-6-17)13-4-2-1-3-10(13)8-18/h1-4,7,9H,5-6H2. The SMILES string of the molecule is N#Cc1ccccc1-n1c(CCCl)nc2cc(Br)cnc21. The number of aromatic nitrogens is 3. The largest absolute Gasteiger partial charge is 0.279 e. The second kappa shape index (κ2) is 5.84. The van der Waals surface area contributed by atoms with Gasteiger partial charge in [-0.1, -0.05) is 12.1 Å². The summed E-state index contributed by atoms with van der Waals surface area (Å²) in [6.45, 7) is 0. The van der Waals surface area contributed by atoms with Crippen LogP contribution in [0.4, 0.5) is 0 Å². The van der Waals surface area contributed by atoms with E-state index in [0.29, 0.717) is 17.9 Å². The van der Waals surface area contributed by atoms with Gasteiger partial charge in [0, 0.05) is 23.0 Å². The number of rotatable bonds is 3. The van der Waals surface area contributed by atoms with E-state index in [1.165, 1.54) is 0 Å². The molecule has 0 aliphatic carbocycles. The lowest BCUT2D eigenvalue weighted by Crippen LogP contribution is -2.04. The minimum Gasteiger partial charge on any atom is -0.279 e. The number of hydrogen-bond donors (Lipinski definition) is 0. The summed E-state index contributed by atoms with van der Waals surface area (Å²) in [6.07, 6.45) is 2.33. The maximum absolute atomic E-state index is 9.32. The molecule has 0 radical (unpaired) electrons. The molecule has 6 heteroatoms. The number of nitriles is 1. The molecule has 0 N–H and O–H groups in total. The van der Waals surface area contributed by atoms with E-state index in [0.717, 1.165) is 27.1 Å². The van der Waals surface area contributed by atoms with Gasteiger partial charge < -0.3 is 0 Å². The quantitative estimate of drug-likeness (QED) is 0.666. The predicted octanol–water partition coefficient (Wildman–Crippen LogP) is 3.84. The second-order valence-corrected chi connectivity index (χ2v) is 5.72. The molecule has 0 atom stereocenters. The Bertz CT molecular complexity index is 850. The number of alkyl halides is 1. The van der Waals surface area contributed by atoms with E-state index in [9.17, 15) is 5.26 Å². The van der Waals surface area contributed by atoms with Crippen LogP contribution in [0.1, 0.15) is 11.4 Å². The zero-order valence-electron chi connectivity index (χ0n) is 10.9. The van der Waals surface area contributed by atoms with Crippen molar-refractivity contribution < 1.29 is 0 Å². The lowest BCUT2D eigenvalue weighted by molar-refractivity contribution is 0.903. The first-order chi connectivity index (χ1) is 10.2. The van der Waals surface area contributed by atoms with Crippen molar-refractivity contribution in [3.8, 4) is 11.8 Å². The molecule has 0 aliphatic heterocycles. The molecule has 3 aromatic rings. The Morgan fingerprint density at radius 1 is 1.33 bits per heavy atom. The lowest BCUT2D eigenvalue weighted by Gasteiger charge is -2.09. The van der Waals surface area contributed by atoms with Crippen molar-refractivity contribution in [1.29, 1.82) is 5.26 Å². The number of hydrogen-bond acceptors (Lipinski definition) is 3. The molecule has 4 nitrogen and oxygen atoms in total. The van der Waals surface area contributed by atoms with E-state index in [1.54, 1.807) is 12.3 Å². The van der Waals surface area contributed by atoms with Crippen molar-refractivity contribution in [1.82, 2.24) is 14.5 Å². The van der Waals surface area contributed by atoms with E-state index in [1.807, 2.05) is 28.8 Å². The number of aryl methyl sites for hydroxylation is 1. The smallest absolute Gasteiger partial charge is 0.164 e. The molecule has 0 amide bonds. The summed E-state index contributed by atoms with van der Waals surface area (Å²) in [5.74, 6) is 1.26. The lowest BCUT2D eigenvalue weighted by atomic mass is 10.2. The Balaban J connectivity index is 2.34. The molecule has 2 heterocycles. The predicted molar refractivity (Wildman–Crippen MR) is 85.7 cm³/mol. The topological polar surface area (TPSA) is 54.5 Å². The van der Waals surface area contributed by atoms with Gasteiger partial charge in [0.2, 0.25) is 0 Å². The molecular weight excluding hydrogens is 352 g/mol. The maximum Gasteiger partial charge on any atom is 0.164 e. The third kappa shape index (κ3) is 2.53. The number of nitrogens with zero attached hydrogens (tertiary/aromatic N) is 4. The van der Waals surface area contributed by atoms with Gasteiger partial charge in [-0.05, 0) is 34.1 Å². The van der Waals surface area contributed by atoms with Gasteiger partial charge in [-0.2, -0.15) is 5.26 Å². The van der Waals surface area contributed by atoms with Crippen LogP contribution in [0.25, 0.3) is 16.9 Å².